The lowest BCUT2D eigenvalue weighted by Crippen LogP contribution is -2.16. The van der Waals surface area contributed by atoms with Gasteiger partial charge >= 0.3 is 5.97 Å². The zero-order chi connectivity index (χ0) is 18.7. The van der Waals surface area contributed by atoms with E-state index in [9.17, 15) is 14.7 Å². The van der Waals surface area contributed by atoms with Gasteiger partial charge in [0.25, 0.3) is 5.91 Å². The molecule has 26 heavy (non-hydrogen) atoms. The summed E-state index contributed by atoms with van der Waals surface area (Å²) < 4.78 is 15.8. The quantitative estimate of drug-likeness (QED) is 0.789. The highest BCUT2D eigenvalue weighted by molar-refractivity contribution is 6.05. The molecule has 138 valence electrons. The molecular weight excluding hydrogens is 340 g/mol. The lowest BCUT2D eigenvalue weighted by Gasteiger charge is -2.14. The number of benzene rings is 1. The smallest absolute Gasteiger partial charge is 0.335 e. The Morgan fingerprint density at radius 3 is 2.62 bits per heavy atom. The van der Waals surface area contributed by atoms with E-state index in [-0.39, 0.29) is 28.4 Å². The van der Waals surface area contributed by atoms with Crippen molar-refractivity contribution >= 4 is 17.6 Å². The van der Waals surface area contributed by atoms with E-state index in [1.165, 1.54) is 26.4 Å². The number of hydrogen-bond acceptors (Lipinski definition) is 6. The summed E-state index contributed by atoms with van der Waals surface area (Å²) in [6.45, 7) is 0. The summed E-state index contributed by atoms with van der Waals surface area (Å²) in [6, 6.07) is 2.65. The Hall–Kier alpha value is -3.03. The van der Waals surface area contributed by atoms with E-state index in [0.717, 1.165) is 43.4 Å². The largest absolute Gasteiger partial charge is 0.493 e. The number of methoxy groups -OCH3 is 2. The summed E-state index contributed by atoms with van der Waals surface area (Å²) in [5, 5.41) is 15.9. The number of amides is 1. The highest BCUT2D eigenvalue weighted by Crippen LogP contribution is 2.37. The lowest BCUT2D eigenvalue weighted by molar-refractivity contribution is 0.0696. The van der Waals surface area contributed by atoms with Gasteiger partial charge in [0.2, 0.25) is 0 Å². The maximum Gasteiger partial charge on any atom is 0.335 e. The molecular formula is C18H20N2O6. The van der Waals surface area contributed by atoms with Crippen LogP contribution in [0, 0.1) is 0 Å². The average molecular weight is 360 g/mol. The van der Waals surface area contributed by atoms with E-state index in [2.05, 4.69) is 10.5 Å². The van der Waals surface area contributed by atoms with Crippen LogP contribution in [0.15, 0.2) is 16.7 Å². The summed E-state index contributed by atoms with van der Waals surface area (Å²) in [4.78, 5) is 24.1. The van der Waals surface area contributed by atoms with Crippen LogP contribution in [0.3, 0.4) is 0 Å². The van der Waals surface area contributed by atoms with Crippen LogP contribution in [0.1, 0.15) is 51.4 Å². The van der Waals surface area contributed by atoms with Crippen LogP contribution in [-0.4, -0.2) is 36.4 Å². The van der Waals surface area contributed by atoms with Gasteiger partial charge in [-0.3, -0.25) is 4.79 Å². The number of aromatic nitrogens is 1. The molecule has 0 atom stereocenters. The van der Waals surface area contributed by atoms with Crippen LogP contribution in [0.2, 0.25) is 0 Å². The van der Waals surface area contributed by atoms with E-state index >= 15 is 0 Å². The number of hydrogen-bond donors (Lipinski definition) is 2. The van der Waals surface area contributed by atoms with E-state index in [4.69, 9.17) is 14.0 Å². The Bertz CT molecular complexity index is 842. The van der Waals surface area contributed by atoms with Crippen LogP contribution >= 0.6 is 0 Å². The van der Waals surface area contributed by atoms with E-state index in [1.807, 2.05) is 0 Å². The zero-order valence-corrected chi connectivity index (χ0v) is 14.6. The van der Waals surface area contributed by atoms with Gasteiger partial charge in [0.1, 0.15) is 5.76 Å². The second kappa shape index (κ2) is 7.47. The van der Waals surface area contributed by atoms with E-state index in [0.29, 0.717) is 0 Å². The Labute approximate surface area is 150 Å². The molecule has 1 amide bonds. The van der Waals surface area contributed by atoms with Crippen molar-refractivity contribution in [3.63, 3.8) is 0 Å². The molecule has 1 aliphatic carbocycles. The highest BCUT2D eigenvalue weighted by Gasteiger charge is 2.25. The van der Waals surface area contributed by atoms with Crippen molar-refractivity contribution in [2.75, 3.05) is 19.5 Å². The molecule has 0 fully saturated rings. The Morgan fingerprint density at radius 2 is 1.92 bits per heavy atom. The van der Waals surface area contributed by atoms with Crippen LogP contribution in [-0.2, 0) is 12.8 Å². The monoisotopic (exact) mass is 360 g/mol. The van der Waals surface area contributed by atoms with Crippen LogP contribution < -0.4 is 14.8 Å². The fraction of sp³-hybridized carbons (Fsp3) is 0.389. The van der Waals surface area contributed by atoms with Crippen molar-refractivity contribution in [1.29, 1.82) is 0 Å². The molecule has 1 aromatic carbocycles. The molecule has 2 N–H and O–H groups in total. The minimum atomic E-state index is -1.14. The maximum absolute atomic E-state index is 12.7. The Kier molecular flexibility index (Phi) is 5.11. The van der Waals surface area contributed by atoms with Crippen molar-refractivity contribution in [3.8, 4) is 11.5 Å². The van der Waals surface area contributed by atoms with Gasteiger partial charge in [-0.1, -0.05) is 11.6 Å². The molecule has 0 saturated heterocycles. The van der Waals surface area contributed by atoms with Gasteiger partial charge in [0.05, 0.1) is 25.5 Å². The SMILES string of the molecule is COc1cc(C(=O)O)cc(NC(=O)c2noc3c2CCCCC3)c1OC. The van der Waals surface area contributed by atoms with Gasteiger partial charge in [0.15, 0.2) is 17.2 Å². The highest BCUT2D eigenvalue weighted by atomic mass is 16.5. The zero-order valence-electron chi connectivity index (χ0n) is 14.6. The first-order valence-corrected chi connectivity index (χ1v) is 8.33. The lowest BCUT2D eigenvalue weighted by atomic mass is 10.1. The number of carboxylic acid groups (broad SMARTS) is 1. The number of fused-ring (bicyclic) bond motifs is 1. The number of ether oxygens (including phenoxy) is 2. The summed E-state index contributed by atoms with van der Waals surface area (Å²) in [7, 11) is 2.81. The summed E-state index contributed by atoms with van der Waals surface area (Å²) in [6.07, 6.45) is 4.56. The fourth-order valence-electron chi connectivity index (χ4n) is 3.10. The molecule has 0 saturated carbocycles. The first-order chi connectivity index (χ1) is 12.5. The summed E-state index contributed by atoms with van der Waals surface area (Å²) >= 11 is 0. The molecule has 0 radical (unpaired) electrons. The van der Waals surface area contributed by atoms with Gasteiger partial charge in [-0.15, -0.1) is 0 Å². The topological polar surface area (TPSA) is 111 Å². The third-order valence-corrected chi connectivity index (χ3v) is 4.39. The predicted molar refractivity (Wildman–Crippen MR) is 92.2 cm³/mol. The van der Waals surface area contributed by atoms with Crippen molar-refractivity contribution in [2.24, 2.45) is 0 Å². The van der Waals surface area contributed by atoms with Crippen LogP contribution in [0.5, 0.6) is 11.5 Å². The molecule has 2 aromatic rings. The van der Waals surface area contributed by atoms with Crippen LogP contribution in [0.4, 0.5) is 5.69 Å². The number of carboxylic acids is 1. The molecule has 0 bridgehead atoms. The van der Waals surface area contributed by atoms with E-state index < -0.39 is 11.9 Å². The normalized spacial score (nSPS) is 13.5. The number of aryl methyl sites for hydroxylation is 1. The molecule has 0 aliphatic heterocycles. The number of aromatic carboxylic acids is 1. The third-order valence-electron chi connectivity index (χ3n) is 4.39. The third kappa shape index (κ3) is 3.35. The van der Waals surface area contributed by atoms with Gasteiger partial charge in [-0.05, 0) is 31.4 Å². The number of nitrogens with zero attached hydrogens (tertiary/aromatic N) is 1. The van der Waals surface area contributed by atoms with Gasteiger partial charge in [0, 0.05) is 12.0 Å². The van der Waals surface area contributed by atoms with Gasteiger partial charge in [-0.2, -0.15) is 0 Å². The average Bonchev–Trinajstić information content (AvgIpc) is 2.89. The number of anilines is 1. The Morgan fingerprint density at radius 1 is 1.15 bits per heavy atom. The first kappa shape index (κ1) is 17.8. The van der Waals surface area contributed by atoms with Gasteiger partial charge < -0.3 is 24.4 Å². The number of carbonyl (C=O) groups is 2. The van der Waals surface area contributed by atoms with Crippen molar-refractivity contribution < 1.29 is 28.7 Å². The van der Waals surface area contributed by atoms with Crippen LogP contribution in [0.25, 0.3) is 0 Å². The number of carbonyl (C=O) groups excluding carboxylic acids is 1. The molecule has 8 heteroatoms. The molecule has 1 aromatic heterocycles. The summed E-state index contributed by atoms with van der Waals surface area (Å²) in [5.74, 6) is -0.421. The Balaban J connectivity index is 1.95. The van der Waals surface area contributed by atoms with Gasteiger partial charge in [-0.25, -0.2) is 4.79 Å². The first-order valence-electron chi connectivity index (χ1n) is 8.33. The predicted octanol–water partition coefficient (Wildman–Crippen LogP) is 2.91. The molecule has 3 rings (SSSR count). The molecule has 0 spiro atoms. The molecule has 0 unspecified atom stereocenters. The second-order valence-electron chi connectivity index (χ2n) is 6.01. The molecule has 1 heterocycles. The maximum atomic E-state index is 12.7. The molecule has 1 aliphatic rings. The summed E-state index contributed by atoms with van der Waals surface area (Å²) in [5.41, 5.74) is 1.21. The van der Waals surface area contributed by atoms with Crippen molar-refractivity contribution in [3.05, 3.63) is 34.7 Å². The fourth-order valence-corrected chi connectivity index (χ4v) is 3.10. The van der Waals surface area contributed by atoms with Crippen molar-refractivity contribution in [2.45, 2.75) is 32.1 Å². The van der Waals surface area contributed by atoms with E-state index in [1.54, 1.807) is 0 Å². The second-order valence-corrected chi connectivity index (χ2v) is 6.01. The van der Waals surface area contributed by atoms with Crippen molar-refractivity contribution in [1.82, 2.24) is 5.16 Å². The minimum Gasteiger partial charge on any atom is -0.493 e. The minimum absolute atomic E-state index is 0.0306. The number of rotatable bonds is 5. The standard InChI is InChI=1S/C18H20N2O6/c1-24-14-9-10(18(22)23)8-12(16(14)25-2)19-17(21)15-11-6-4-3-5-7-13(11)26-20-15/h8-9H,3-7H2,1-2H3,(H,19,21)(H,22,23). The number of nitrogens with one attached hydrogen (secondary N) is 1. The molecule has 8 nitrogen and oxygen atoms in total.